The van der Waals surface area contributed by atoms with Crippen molar-refractivity contribution in [3.05, 3.63) is 35.4 Å². The summed E-state index contributed by atoms with van der Waals surface area (Å²) < 4.78 is 0. The summed E-state index contributed by atoms with van der Waals surface area (Å²) >= 11 is 7.84. The molecule has 0 amide bonds. The second-order valence-electron chi connectivity index (χ2n) is 4.93. The summed E-state index contributed by atoms with van der Waals surface area (Å²) in [6, 6.07) is 9.55. The first-order valence-corrected chi connectivity index (χ1v) is 8.44. The molecule has 1 aliphatic heterocycles. The first kappa shape index (κ1) is 14.2. The molecule has 0 bridgehead atoms. The Morgan fingerprint density at radius 3 is 2.67 bits per heavy atom. The molecule has 1 nitrogen and oxygen atoms in total. The zero-order valence-corrected chi connectivity index (χ0v) is 12.6. The lowest BCUT2D eigenvalue weighted by molar-refractivity contribution is 0.622. The Morgan fingerprint density at radius 1 is 1.28 bits per heavy atom. The fraction of sp³-hybridized carbons (Fsp3) is 0.600. The number of halogens is 1. The standard InChI is InChI=1S/C15H22ClNS/c1-2-3-4-5-12-6-8-13(9-7-12)15-17-14(10-16)11-18-15/h6-9,14-15,17H,2-5,10-11H2,1H3. The molecule has 2 atom stereocenters. The second kappa shape index (κ2) is 7.42. The molecule has 1 saturated heterocycles. The molecule has 1 heterocycles. The predicted molar refractivity (Wildman–Crippen MR) is 82.5 cm³/mol. The van der Waals surface area contributed by atoms with E-state index in [1.807, 2.05) is 11.8 Å². The number of alkyl halides is 1. The van der Waals surface area contributed by atoms with Gasteiger partial charge in [0.05, 0.1) is 5.37 Å². The quantitative estimate of drug-likeness (QED) is 0.615. The summed E-state index contributed by atoms with van der Waals surface area (Å²) in [6.45, 7) is 2.25. The van der Waals surface area contributed by atoms with E-state index in [-0.39, 0.29) is 0 Å². The van der Waals surface area contributed by atoms with Crippen molar-refractivity contribution in [3.8, 4) is 0 Å². The van der Waals surface area contributed by atoms with E-state index in [0.717, 1.165) is 5.75 Å². The van der Waals surface area contributed by atoms with Crippen molar-refractivity contribution < 1.29 is 0 Å². The molecule has 1 aliphatic rings. The summed E-state index contributed by atoms with van der Waals surface area (Å²) in [5, 5.41) is 3.99. The zero-order valence-electron chi connectivity index (χ0n) is 11.0. The highest BCUT2D eigenvalue weighted by Gasteiger charge is 2.24. The zero-order chi connectivity index (χ0) is 12.8. The third-order valence-electron chi connectivity index (χ3n) is 3.39. The number of hydrogen-bond acceptors (Lipinski definition) is 2. The Hall–Kier alpha value is -0.180. The van der Waals surface area contributed by atoms with Gasteiger partial charge >= 0.3 is 0 Å². The molecule has 1 aromatic rings. The van der Waals surface area contributed by atoms with E-state index >= 15 is 0 Å². The van der Waals surface area contributed by atoms with Crippen molar-refractivity contribution >= 4 is 23.4 Å². The maximum Gasteiger partial charge on any atom is 0.0792 e. The SMILES string of the molecule is CCCCCc1ccc(C2NC(CCl)CS2)cc1. The molecule has 0 spiro atoms. The summed E-state index contributed by atoms with van der Waals surface area (Å²) in [7, 11) is 0. The molecule has 100 valence electrons. The van der Waals surface area contributed by atoms with Crippen LogP contribution < -0.4 is 5.32 Å². The van der Waals surface area contributed by atoms with Crippen molar-refractivity contribution in [3.63, 3.8) is 0 Å². The molecule has 18 heavy (non-hydrogen) atoms. The molecule has 0 aliphatic carbocycles. The molecule has 2 rings (SSSR count). The molecule has 2 unspecified atom stereocenters. The van der Waals surface area contributed by atoms with E-state index in [2.05, 4.69) is 36.5 Å². The van der Waals surface area contributed by atoms with Crippen molar-refractivity contribution in [2.75, 3.05) is 11.6 Å². The van der Waals surface area contributed by atoms with Gasteiger partial charge in [-0.2, -0.15) is 0 Å². The number of thioether (sulfide) groups is 1. The highest BCUT2D eigenvalue weighted by molar-refractivity contribution is 7.99. The molecule has 3 heteroatoms. The van der Waals surface area contributed by atoms with Gasteiger partial charge < -0.3 is 0 Å². The molecular weight excluding hydrogens is 262 g/mol. The van der Waals surface area contributed by atoms with Gasteiger partial charge in [-0.05, 0) is 24.0 Å². The van der Waals surface area contributed by atoms with Crippen LogP contribution in [0, 0.1) is 0 Å². The van der Waals surface area contributed by atoms with Gasteiger partial charge in [0.2, 0.25) is 0 Å². The molecule has 1 aromatic carbocycles. The molecule has 0 radical (unpaired) electrons. The first-order valence-electron chi connectivity index (χ1n) is 6.86. The first-order chi connectivity index (χ1) is 8.83. The van der Waals surface area contributed by atoms with Gasteiger partial charge in [0.1, 0.15) is 0 Å². The van der Waals surface area contributed by atoms with Crippen molar-refractivity contribution in [2.45, 2.75) is 44.0 Å². The van der Waals surface area contributed by atoms with Gasteiger partial charge in [-0.3, -0.25) is 5.32 Å². The van der Waals surface area contributed by atoms with Crippen LogP contribution in [0.2, 0.25) is 0 Å². The summed E-state index contributed by atoms with van der Waals surface area (Å²) in [6.07, 6.45) is 5.14. The summed E-state index contributed by atoms with van der Waals surface area (Å²) in [5.41, 5.74) is 2.84. The van der Waals surface area contributed by atoms with Crippen LogP contribution in [0.3, 0.4) is 0 Å². The lowest BCUT2D eigenvalue weighted by Gasteiger charge is -2.12. The van der Waals surface area contributed by atoms with Crippen LogP contribution in [0.1, 0.15) is 42.7 Å². The van der Waals surface area contributed by atoms with Gasteiger partial charge in [0, 0.05) is 17.7 Å². The Morgan fingerprint density at radius 2 is 2.06 bits per heavy atom. The van der Waals surface area contributed by atoms with Crippen LogP contribution in [0.4, 0.5) is 0 Å². The van der Waals surface area contributed by atoms with Gasteiger partial charge in [-0.15, -0.1) is 23.4 Å². The van der Waals surface area contributed by atoms with Gasteiger partial charge in [-0.1, -0.05) is 44.0 Å². The van der Waals surface area contributed by atoms with Crippen LogP contribution in [0.25, 0.3) is 0 Å². The minimum absolute atomic E-state index is 0.429. The predicted octanol–water partition coefficient (Wildman–Crippen LogP) is 4.36. The number of nitrogens with one attached hydrogen (secondary N) is 1. The normalized spacial score (nSPS) is 23.4. The number of hydrogen-bond donors (Lipinski definition) is 1. The number of unbranched alkanes of at least 4 members (excludes halogenated alkanes) is 2. The molecule has 1 fully saturated rings. The fourth-order valence-electron chi connectivity index (χ4n) is 2.24. The number of rotatable bonds is 6. The maximum absolute atomic E-state index is 5.88. The largest absolute Gasteiger partial charge is 0.297 e. The Balaban J connectivity index is 1.87. The van der Waals surface area contributed by atoms with Crippen LogP contribution in [-0.2, 0) is 6.42 Å². The molecule has 0 saturated carbocycles. The number of aryl methyl sites for hydroxylation is 1. The Labute approximate surface area is 120 Å². The highest BCUT2D eigenvalue weighted by atomic mass is 35.5. The highest BCUT2D eigenvalue weighted by Crippen LogP contribution is 2.33. The van der Waals surface area contributed by atoms with E-state index < -0.39 is 0 Å². The second-order valence-corrected chi connectivity index (χ2v) is 6.38. The van der Waals surface area contributed by atoms with Crippen LogP contribution in [-0.4, -0.2) is 17.7 Å². The van der Waals surface area contributed by atoms with Gasteiger partial charge in [0.25, 0.3) is 0 Å². The van der Waals surface area contributed by atoms with Crippen LogP contribution >= 0.6 is 23.4 Å². The minimum Gasteiger partial charge on any atom is -0.297 e. The Bertz CT molecular complexity index is 352. The van der Waals surface area contributed by atoms with E-state index in [1.54, 1.807) is 0 Å². The van der Waals surface area contributed by atoms with Crippen molar-refractivity contribution in [1.29, 1.82) is 0 Å². The van der Waals surface area contributed by atoms with E-state index in [0.29, 0.717) is 17.3 Å². The molecular formula is C15H22ClNS. The fourth-order valence-corrected chi connectivity index (χ4v) is 3.85. The van der Waals surface area contributed by atoms with E-state index in [9.17, 15) is 0 Å². The monoisotopic (exact) mass is 283 g/mol. The molecule has 1 N–H and O–H groups in total. The smallest absolute Gasteiger partial charge is 0.0792 e. The molecule has 0 aromatic heterocycles. The number of benzene rings is 1. The van der Waals surface area contributed by atoms with Crippen LogP contribution in [0.15, 0.2) is 24.3 Å². The summed E-state index contributed by atoms with van der Waals surface area (Å²) in [5.74, 6) is 1.82. The summed E-state index contributed by atoms with van der Waals surface area (Å²) in [4.78, 5) is 0. The average molecular weight is 284 g/mol. The average Bonchev–Trinajstić information content (AvgIpc) is 2.89. The van der Waals surface area contributed by atoms with Gasteiger partial charge in [0.15, 0.2) is 0 Å². The van der Waals surface area contributed by atoms with E-state index in [4.69, 9.17) is 11.6 Å². The topological polar surface area (TPSA) is 12.0 Å². The lowest BCUT2D eigenvalue weighted by Crippen LogP contribution is -2.27. The Kier molecular flexibility index (Phi) is 5.87. The van der Waals surface area contributed by atoms with Crippen LogP contribution in [0.5, 0.6) is 0 Å². The van der Waals surface area contributed by atoms with Crippen molar-refractivity contribution in [2.24, 2.45) is 0 Å². The lowest BCUT2D eigenvalue weighted by atomic mass is 10.1. The van der Waals surface area contributed by atoms with E-state index in [1.165, 1.54) is 36.8 Å². The third kappa shape index (κ3) is 3.91. The maximum atomic E-state index is 5.88. The van der Waals surface area contributed by atoms with Gasteiger partial charge in [-0.25, -0.2) is 0 Å². The van der Waals surface area contributed by atoms with Crippen molar-refractivity contribution in [1.82, 2.24) is 5.32 Å². The third-order valence-corrected chi connectivity index (χ3v) is 5.10. The minimum atomic E-state index is 0.429.